The highest BCUT2D eigenvalue weighted by Crippen LogP contribution is 2.24. The molecule has 28 heavy (non-hydrogen) atoms. The van der Waals surface area contributed by atoms with Gasteiger partial charge in [-0.1, -0.05) is 6.07 Å². The second kappa shape index (κ2) is 8.69. The molecule has 1 atom stereocenters. The maximum absolute atomic E-state index is 12.3. The van der Waals surface area contributed by atoms with E-state index in [1.807, 2.05) is 19.1 Å². The van der Waals surface area contributed by atoms with E-state index in [9.17, 15) is 4.79 Å². The molecular weight excluding hydrogens is 354 g/mol. The largest absolute Gasteiger partial charge is 0.481 e. The van der Waals surface area contributed by atoms with Gasteiger partial charge < -0.3 is 14.8 Å². The monoisotopic (exact) mass is 373 g/mol. The van der Waals surface area contributed by atoms with Crippen molar-refractivity contribution in [1.82, 2.24) is 4.98 Å². The minimum atomic E-state index is -0.687. The summed E-state index contributed by atoms with van der Waals surface area (Å²) in [7, 11) is 0. The van der Waals surface area contributed by atoms with E-state index in [1.54, 1.807) is 61.5 Å². The summed E-state index contributed by atoms with van der Waals surface area (Å²) in [6.07, 6.45) is -0.687. The van der Waals surface area contributed by atoms with Crippen LogP contribution in [0.25, 0.3) is 0 Å². The number of aryl methyl sites for hydroxylation is 1. The topological polar surface area (TPSA) is 84.2 Å². The Morgan fingerprint density at radius 1 is 1.00 bits per heavy atom. The molecule has 1 aromatic heterocycles. The van der Waals surface area contributed by atoms with Gasteiger partial charge in [0.1, 0.15) is 23.1 Å². The lowest BCUT2D eigenvalue weighted by atomic mass is 10.2. The third kappa shape index (κ3) is 5.08. The van der Waals surface area contributed by atoms with E-state index in [1.165, 1.54) is 0 Å². The number of anilines is 1. The molecule has 3 aromatic rings. The smallest absolute Gasteiger partial charge is 0.266 e. The first kappa shape index (κ1) is 18.9. The first-order valence-corrected chi connectivity index (χ1v) is 8.73. The van der Waals surface area contributed by atoms with E-state index in [2.05, 4.69) is 16.4 Å². The van der Waals surface area contributed by atoms with Crippen LogP contribution in [0.1, 0.15) is 18.2 Å². The molecule has 0 aliphatic rings. The molecule has 3 rings (SSSR count). The SMILES string of the molecule is Cc1cccc(NC(=O)C(C)Oc2ccc(Oc3ccc(C#N)cc3)cc2)n1. The van der Waals surface area contributed by atoms with Gasteiger partial charge in [0.2, 0.25) is 0 Å². The molecule has 2 aromatic carbocycles. The molecule has 0 aliphatic carbocycles. The first-order chi connectivity index (χ1) is 13.5. The van der Waals surface area contributed by atoms with Crippen molar-refractivity contribution < 1.29 is 14.3 Å². The minimum Gasteiger partial charge on any atom is -0.481 e. The summed E-state index contributed by atoms with van der Waals surface area (Å²) < 4.78 is 11.4. The summed E-state index contributed by atoms with van der Waals surface area (Å²) in [5.41, 5.74) is 1.40. The van der Waals surface area contributed by atoms with Gasteiger partial charge in [-0.3, -0.25) is 4.79 Å². The number of rotatable bonds is 6. The average Bonchev–Trinajstić information content (AvgIpc) is 2.70. The number of hydrogen-bond acceptors (Lipinski definition) is 5. The van der Waals surface area contributed by atoms with E-state index in [4.69, 9.17) is 14.7 Å². The maximum atomic E-state index is 12.3. The summed E-state index contributed by atoms with van der Waals surface area (Å²) >= 11 is 0. The number of ether oxygens (including phenoxy) is 2. The van der Waals surface area contributed by atoms with Crippen molar-refractivity contribution in [2.24, 2.45) is 0 Å². The molecule has 0 saturated heterocycles. The summed E-state index contributed by atoms with van der Waals surface area (Å²) in [6.45, 7) is 3.53. The van der Waals surface area contributed by atoms with Gasteiger partial charge in [0.05, 0.1) is 11.6 Å². The van der Waals surface area contributed by atoms with Crippen LogP contribution in [0.3, 0.4) is 0 Å². The zero-order valence-electron chi connectivity index (χ0n) is 15.5. The van der Waals surface area contributed by atoms with E-state index in [0.717, 1.165) is 5.69 Å². The Kier molecular flexibility index (Phi) is 5.87. The number of nitriles is 1. The van der Waals surface area contributed by atoms with E-state index >= 15 is 0 Å². The Labute approximate surface area is 163 Å². The van der Waals surface area contributed by atoms with Gasteiger partial charge in [-0.15, -0.1) is 0 Å². The normalized spacial score (nSPS) is 11.2. The lowest BCUT2D eigenvalue weighted by Crippen LogP contribution is -2.30. The molecule has 0 radical (unpaired) electrons. The van der Waals surface area contributed by atoms with Gasteiger partial charge in [-0.25, -0.2) is 4.98 Å². The molecule has 0 fully saturated rings. The van der Waals surface area contributed by atoms with Crippen molar-refractivity contribution in [1.29, 1.82) is 5.26 Å². The van der Waals surface area contributed by atoms with Crippen LogP contribution in [0.4, 0.5) is 5.82 Å². The molecule has 0 aliphatic heterocycles. The average molecular weight is 373 g/mol. The molecule has 1 unspecified atom stereocenters. The molecule has 140 valence electrons. The van der Waals surface area contributed by atoms with Crippen LogP contribution in [0.2, 0.25) is 0 Å². The fourth-order valence-electron chi connectivity index (χ4n) is 2.42. The van der Waals surface area contributed by atoms with Crippen LogP contribution in [-0.4, -0.2) is 17.0 Å². The summed E-state index contributed by atoms with van der Waals surface area (Å²) in [6, 6.07) is 21.3. The van der Waals surface area contributed by atoms with Crippen LogP contribution >= 0.6 is 0 Å². The summed E-state index contributed by atoms with van der Waals surface area (Å²) in [5.74, 6) is 2.01. The third-order valence-electron chi connectivity index (χ3n) is 3.86. The minimum absolute atomic E-state index is 0.281. The van der Waals surface area contributed by atoms with Gasteiger partial charge in [0.25, 0.3) is 5.91 Å². The number of pyridine rings is 1. The second-order valence-corrected chi connectivity index (χ2v) is 6.12. The van der Waals surface area contributed by atoms with Crippen molar-refractivity contribution in [3.8, 4) is 23.3 Å². The number of nitrogens with one attached hydrogen (secondary N) is 1. The van der Waals surface area contributed by atoms with Gasteiger partial charge in [-0.05, 0) is 74.5 Å². The second-order valence-electron chi connectivity index (χ2n) is 6.12. The van der Waals surface area contributed by atoms with E-state index in [-0.39, 0.29) is 5.91 Å². The zero-order valence-corrected chi connectivity index (χ0v) is 15.5. The first-order valence-electron chi connectivity index (χ1n) is 8.73. The fraction of sp³-hybridized carbons (Fsp3) is 0.136. The number of carbonyl (C=O) groups excluding carboxylic acids is 1. The Balaban J connectivity index is 1.57. The van der Waals surface area contributed by atoms with Crippen LogP contribution in [0.5, 0.6) is 17.2 Å². The van der Waals surface area contributed by atoms with Crippen molar-refractivity contribution in [2.45, 2.75) is 20.0 Å². The summed E-state index contributed by atoms with van der Waals surface area (Å²) in [4.78, 5) is 16.5. The molecule has 0 spiro atoms. The van der Waals surface area contributed by atoms with Crippen LogP contribution in [-0.2, 0) is 4.79 Å². The van der Waals surface area contributed by atoms with Crippen molar-refractivity contribution >= 4 is 11.7 Å². The summed E-state index contributed by atoms with van der Waals surface area (Å²) in [5, 5.41) is 11.6. The number of benzene rings is 2. The predicted molar refractivity (Wildman–Crippen MR) is 105 cm³/mol. The Hall–Kier alpha value is -3.85. The highest BCUT2D eigenvalue weighted by molar-refractivity contribution is 5.93. The Bertz CT molecular complexity index is 993. The molecular formula is C22H19N3O3. The standard InChI is InChI=1S/C22H19N3O3/c1-15-4-3-5-21(24-15)25-22(26)16(2)27-18-10-12-20(13-11-18)28-19-8-6-17(14-23)7-9-19/h3-13,16H,1-2H3,(H,24,25,26). The zero-order chi connectivity index (χ0) is 19.9. The third-order valence-corrected chi connectivity index (χ3v) is 3.86. The van der Waals surface area contributed by atoms with Gasteiger partial charge in [-0.2, -0.15) is 5.26 Å². The molecule has 1 heterocycles. The quantitative estimate of drug-likeness (QED) is 0.689. The molecule has 6 nitrogen and oxygen atoms in total. The maximum Gasteiger partial charge on any atom is 0.266 e. The molecule has 1 amide bonds. The number of carbonyl (C=O) groups is 1. The lowest BCUT2D eigenvalue weighted by molar-refractivity contribution is -0.122. The highest BCUT2D eigenvalue weighted by Gasteiger charge is 2.15. The fourth-order valence-corrected chi connectivity index (χ4v) is 2.42. The number of aromatic nitrogens is 1. The Morgan fingerprint density at radius 2 is 1.61 bits per heavy atom. The van der Waals surface area contributed by atoms with Crippen LogP contribution in [0, 0.1) is 18.3 Å². The van der Waals surface area contributed by atoms with Gasteiger partial charge >= 0.3 is 0 Å². The van der Waals surface area contributed by atoms with E-state index < -0.39 is 6.10 Å². The molecule has 6 heteroatoms. The predicted octanol–water partition coefficient (Wildman–Crippen LogP) is 4.46. The number of amides is 1. The molecule has 1 N–H and O–H groups in total. The van der Waals surface area contributed by atoms with Gasteiger partial charge in [0.15, 0.2) is 6.10 Å². The van der Waals surface area contributed by atoms with Crippen molar-refractivity contribution in [2.75, 3.05) is 5.32 Å². The van der Waals surface area contributed by atoms with Crippen LogP contribution in [0.15, 0.2) is 66.7 Å². The molecule has 0 saturated carbocycles. The molecule has 0 bridgehead atoms. The highest BCUT2D eigenvalue weighted by atomic mass is 16.5. The van der Waals surface area contributed by atoms with E-state index in [0.29, 0.717) is 28.6 Å². The van der Waals surface area contributed by atoms with Gasteiger partial charge in [0, 0.05) is 5.69 Å². The lowest BCUT2D eigenvalue weighted by Gasteiger charge is -2.15. The van der Waals surface area contributed by atoms with Crippen LogP contribution < -0.4 is 14.8 Å². The Morgan fingerprint density at radius 3 is 2.21 bits per heavy atom. The number of nitrogens with zero attached hydrogens (tertiary/aromatic N) is 2. The van der Waals surface area contributed by atoms with Crippen molar-refractivity contribution in [3.05, 3.63) is 78.0 Å². The van der Waals surface area contributed by atoms with Crippen molar-refractivity contribution in [3.63, 3.8) is 0 Å². The number of hydrogen-bond donors (Lipinski definition) is 1.